The lowest BCUT2D eigenvalue weighted by molar-refractivity contribution is -0.177. The third-order valence-corrected chi connectivity index (χ3v) is 20.9. The van der Waals surface area contributed by atoms with E-state index in [9.17, 15) is 14.9 Å². The van der Waals surface area contributed by atoms with E-state index in [1.807, 2.05) is 54.6 Å². The number of carbonyl (C=O) groups excluding carboxylic acids is 2. The van der Waals surface area contributed by atoms with E-state index < -0.39 is 12.9 Å². The third-order valence-electron chi connectivity index (χ3n) is 16.4. The van der Waals surface area contributed by atoms with E-state index in [0.717, 1.165) is 28.8 Å². The Balaban J connectivity index is 1.12. The van der Waals surface area contributed by atoms with Gasteiger partial charge in [-0.15, -0.1) is 0 Å². The molecule has 8 rings (SSSR count). The van der Waals surface area contributed by atoms with Crippen LogP contribution in [0, 0.1) is 50.2 Å². The number of hydrogen-bond donors (Lipinski definition) is 0. The van der Waals surface area contributed by atoms with E-state index in [4.69, 9.17) is 4.74 Å². The normalized spacial score (nSPS) is 35.3. The molecule has 0 aliphatic heterocycles. The van der Waals surface area contributed by atoms with Gasteiger partial charge in [-0.05, 0) is 135 Å². The highest BCUT2D eigenvalue weighted by Crippen LogP contribution is 2.89. The van der Waals surface area contributed by atoms with Crippen LogP contribution >= 0.6 is 7.26 Å². The van der Waals surface area contributed by atoms with Gasteiger partial charge in [0, 0.05) is 18.8 Å². The van der Waals surface area contributed by atoms with Gasteiger partial charge in [-0.2, -0.15) is 5.26 Å². The van der Waals surface area contributed by atoms with Crippen LogP contribution < -0.4 is 15.9 Å². The lowest BCUT2D eigenvalue weighted by Gasteiger charge is -2.62. The summed E-state index contributed by atoms with van der Waals surface area (Å²) in [5, 5.41) is 14.3. The molecular weight excluding hydrogens is 670 g/mol. The average molecular weight is 727 g/mol. The van der Waals surface area contributed by atoms with Gasteiger partial charge in [0.2, 0.25) is 5.66 Å². The van der Waals surface area contributed by atoms with E-state index in [1.165, 1.54) is 56.1 Å². The number of ketones is 1. The monoisotopic (exact) mass is 726 g/mol. The fraction of sp³-hybridized carbons (Fsp3) is 0.521. The molecule has 0 saturated heterocycles. The predicted octanol–water partition coefficient (Wildman–Crippen LogP) is 9.90. The van der Waals surface area contributed by atoms with Crippen LogP contribution in [-0.4, -0.2) is 23.5 Å². The third kappa shape index (κ3) is 5.01. The molecule has 0 N–H and O–H groups in total. The minimum absolute atomic E-state index is 0.00780. The SMILES string of the molecule is CC(=O)O[C@H]1CC[C@]23C[C@]24CC[C@]2(C)C(=C(C)CC(=O)C(C#N)[P+](c5ccccc5)(c5ccccc5)c5ccccc5)CC[C@@]2(C)C4CCC3C1(C)C. The largest absolute Gasteiger partial charge is 0.462 e. The Kier molecular flexibility index (Phi) is 8.78. The lowest BCUT2D eigenvalue weighted by Crippen LogP contribution is -2.57. The smallest absolute Gasteiger partial charge is 0.302 e. The van der Waals surface area contributed by atoms with Crippen LogP contribution in [-0.2, 0) is 14.3 Å². The summed E-state index contributed by atoms with van der Waals surface area (Å²) in [6, 6.07) is 33.7. The van der Waals surface area contributed by atoms with Gasteiger partial charge in [-0.3, -0.25) is 9.59 Å². The number of ether oxygens (including phenoxy) is 1. The number of nitriles is 1. The van der Waals surface area contributed by atoms with Gasteiger partial charge in [0.25, 0.3) is 0 Å². The standard InChI is InChI=1S/C48H57NO3P/c1-33(30-39(51)40(31-49)53(35-16-10-7-11-17-35,36-18-12-8-13-19-36)37-20-14-9-15-21-37)38-24-26-46(6)42-23-22-41-44(3,4)43(52-34(2)50)25-27-47(41)32-48(42,47)29-28-45(38,46)5/h7-21,40-43H,22-30,32H2,1-6H3/q+1/t40?,41?,42?,43-,45+,46-,47+,48-/m0/s1. The number of esters is 1. The van der Waals surface area contributed by atoms with Crippen molar-refractivity contribution >= 4 is 34.9 Å². The van der Waals surface area contributed by atoms with E-state index in [0.29, 0.717) is 29.1 Å². The van der Waals surface area contributed by atoms with E-state index in [-0.39, 0.29) is 34.1 Å². The molecule has 5 saturated carbocycles. The number of rotatable bonds is 8. The van der Waals surface area contributed by atoms with Gasteiger partial charge in [0.15, 0.2) is 5.78 Å². The number of benzene rings is 3. The molecule has 53 heavy (non-hydrogen) atoms. The summed E-state index contributed by atoms with van der Waals surface area (Å²) in [6.07, 6.45) is 10.9. The Hall–Kier alpha value is -3.54. The maximum Gasteiger partial charge on any atom is 0.302 e. The zero-order valence-corrected chi connectivity index (χ0v) is 33.6. The van der Waals surface area contributed by atoms with E-state index in [1.54, 1.807) is 6.92 Å². The number of allylic oxidation sites excluding steroid dienone is 2. The quantitative estimate of drug-likeness (QED) is 0.132. The van der Waals surface area contributed by atoms with Crippen molar-refractivity contribution in [2.45, 2.75) is 118 Å². The van der Waals surface area contributed by atoms with Crippen molar-refractivity contribution in [1.29, 1.82) is 5.26 Å². The van der Waals surface area contributed by atoms with Gasteiger partial charge >= 0.3 is 5.97 Å². The molecule has 8 atom stereocenters. The van der Waals surface area contributed by atoms with Crippen LogP contribution in [0.25, 0.3) is 0 Å². The zero-order chi connectivity index (χ0) is 37.4. The van der Waals surface area contributed by atoms with Gasteiger partial charge < -0.3 is 4.74 Å². The molecule has 0 bridgehead atoms. The molecule has 5 aliphatic rings. The molecule has 2 spiro atoms. The molecule has 3 unspecified atom stereocenters. The predicted molar refractivity (Wildman–Crippen MR) is 216 cm³/mol. The van der Waals surface area contributed by atoms with Crippen molar-refractivity contribution < 1.29 is 14.3 Å². The van der Waals surface area contributed by atoms with Crippen LogP contribution in [0.5, 0.6) is 0 Å². The highest BCUT2D eigenvalue weighted by molar-refractivity contribution is 7.97. The first-order valence-corrected chi connectivity index (χ1v) is 22.0. The van der Waals surface area contributed by atoms with Crippen molar-refractivity contribution in [2.75, 3.05) is 0 Å². The number of carbonyl (C=O) groups is 2. The van der Waals surface area contributed by atoms with Crippen molar-refractivity contribution in [3.63, 3.8) is 0 Å². The molecule has 4 nitrogen and oxygen atoms in total. The zero-order valence-electron chi connectivity index (χ0n) is 32.7. The molecule has 3 aromatic rings. The molecule has 276 valence electrons. The number of nitrogens with zero attached hydrogens (tertiary/aromatic N) is 1. The van der Waals surface area contributed by atoms with Crippen LogP contribution in [0.4, 0.5) is 0 Å². The second kappa shape index (κ2) is 12.8. The Labute approximate surface area is 318 Å². The summed E-state index contributed by atoms with van der Waals surface area (Å²) in [7, 11) is -2.69. The van der Waals surface area contributed by atoms with Crippen LogP contribution in [0.1, 0.15) is 106 Å². The first-order chi connectivity index (χ1) is 25.3. The van der Waals surface area contributed by atoms with Crippen molar-refractivity contribution in [3.05, 3.63) is 102 Å². The topological polar surface area (TPSA) is 67.2 Å². The highest BCUT2D eigenvalue weighted by atomic mass is 31.2. The fourth-order valence-electron chi connectivity index (χ4n) is 13.9. The maximum absolute atomic E-state index is 15.0. The van der Waals surface area contributed by atoms with Crippen molar-refractivity contribution in [2.24, 2.45) is 38.9 Å². The summed E-state index contributed by atoms with van der Waals surface area (Å²) in [5.41, 5.74) is 2.88. The van der Waals surface area contributed by atoms with Crippen LogP contribution in [0.2, 0.25) is 0 Å². The van der Waals surface area contributed by atoms with Gasteiger partial charge in [-0.1, -0.05) is 93.4 Å². The molecular formula is C48H57NO3P+. The molecule has 0 aromatic heterocycles. The molecule has 0 amide bonds. The highest BCUT2D eigenvalue weighted by Gasteiger charge is 2.82. The minimum atomic E-state index is -2.69. The molecule has 5 heteroatoms. The number of Topliss-reactive ketones (excluding diaryl/α,β-unsaturated/α-hetero) is 1. The maximum atomic E-state index is 15.0. The molecule has 3 aromatic carbocycles. The molecule has 5 fully saturated rings. The Morgan fingerprint density at radius 1 is 0.755 bits per heavy atom. The second-order valence-corrected chi connectivity index (χ2v) is 22.1. The summed E-state index contributed by atoms with van der Waals surface area (Å²) in [4.78, 5) is 27.1. The first-order valence-electron chi connectivity index (χ1n) is 20.2. The first kappa shape index (κ1) is 36.4. The molecule has 0 heterocycles. The van der Waals surface area contributed by atoms with Crippen molar-refractivity contribution in [1.82, 2.24) is 0 Å². The van der Waals surface area contributed by atoms with E-state index >= 15 is 0 Å². The van der Waals surface area contributed by atoms with Crippen LogP contribution in [0.3, 0.4) is 0 Å². The van der Waals surface area contributed by atoms with Gasteiger partial charge in [0.05, 0.1) is 0 Å². The van der Waals surface area contributed by atoms with Crippen LogP contribution in [0.15, 0.2) is 102 Å². The van der Waals surface area contributed by atoms with Gasteiger partial charge in [-0.25, -0.2) is 0 Å². The Morgan fingerprint density at radius 2 is 1.28 bits per heavy atom. The number of fused-ring (bicyclic) bond motifs is 2. The lowest BCUT2D eigenvalue weighted by atomic mass is 9.42. The summed E-state index contributed by atoms with van der Waals surface area (Å²) < 4.78 is 5.96. The average Bonchev–Trinajstić information content (AvgIpc) is 3.73. The van der Waals surface area contributed by atoms with Crippen molar-refractivity contribution in [3.8, 4) is 6.07 Å². The minimum Gasteiger partial charge on any atom is -0.462 e. The Bertz CT molecular complexity index is 1890. The molecule has 5 aliphatic carbocycles. The Morgan fingerprint density at radius 3 is 1.81 bits per heavy atom. The molecule has 0 radical (unpaired) electrons. The number of hydrogen-bond acceptors (Lipinski definition) is 4. The fourth-order valence-corrected chi connectivity index (χ4v) is 18.3. The summed E-state index contributed by atoms with van der Waals surface area (Å²) in [5.74, 6) is 1.16. The summed E-state index contributed by atoms with van der Waals surface area (Å²) >= 11 is 0. The summed E-state index contributed by atoms with van der Waals surface area (Å²) in [6.45, 7) is 13.7. The second-order valence-electron chi connectivity index (χ2n) is 18.5. The van der Waals surface area contributed by atoms with E-state index in [2.05, 4.69) is 77.1 Å². The van der Waals surface area contributed by atoms with Gasteiger partial charge in [0.1, 0.15) is 35.3 Å².